The van der Waals surface area contributed by atoms with Crippen molar-refractivity contribution in [3.05, 3.63) is 0 Å². The van der Waals surface area contributed by atoms with E-state index in [2.05, 4.69) is 33.4 Å². The van der Waals surface area contributed by atoms with Crippen LogP contribution in [0.5, 0.6) is 0 Å². The molecule has 0 rings (SSSR count). The molecule has 0 heterocycles. The molecular formula is C20H70BLiN5O7. The van der Waals surface area contributed by atoms with Crippen LogP contribution in [0.15, 0.2) is 0 Å². The predicted octanol–water partition coefficient (Wildman–Crippen LogP) is -2.58. The number of hydrogen-bond donors (Lipinski definition) is 9. The topological polar surface area (TPSA) is 254 Å². The number of aliphatic carboxylic acids is 1. The summed E-state index contributed by atoms with van der Waals surface area (Å²) in [5.74, 6) is -1.08. The number of carboxylic acid groups (broad SMARTS) is 1. The van der Waals surface area contributed by atoms with E-state index in [0.717, 1.165) is 6.92 Å². The molecule has 0 atom stereocenters. The Morgan fingerprint density at radius 2 is 0.676 bits per heavy atom. The van der Waals surface area contributed by atoms with Gasteiger partial charge in [-0.05, 0) is 56.0 Å². The van der Waals surface area contributed by atoms with Gasteiger partial charge >= 0.3 is 24.8 Å². The standard InChI is InChI=1S/C3H6O2.C2H4O2.3C2H6O.5CH5N.4CH4.B.Li.H/c1-3(4)5-2;1-2(3)4;3*1-2-3;5*1-2;;;;;;;/h1-2H3;1H3,(H,3,4);3*3H,2H2,1H3;5*2H2,1H3;4*1H4;;;/q;;;;;;;;;;;;;;;+1;-1. The first-order chi connectivity index (χ1) is 13.2. The Morgan fingerprint density at radius 3 is 0.676 bits per heavy atom. The van der Waals surface area contributed by atoms with Gasteiger partial charge in [0, 0.05) is 42.1 Å². The van der Waals surface area contributed by atoms with Crippen LogP contribution in [0.25, 0.3) is 0 Å². The quantitative estimate of drug-likeness (QED) is 0.120. The van der Waals surface area contributed by atoms with Crippen LogP contribution in [0.2, 0.25) is 0 Å². The second kappa shape index (κ2) is 367. The molecule has 0 aliphatic carbocycles. The molecule has 0 saturated carbocycles. The molecule has 12 nitrogen and oxygen atoms in total. The van der Waals surface area contributed by atoms with Crippen molar-refractivity contribution in [2.45, 2.75) is 64.3 Å². The average Bonchev–Trinajstić information content (AvgIpc) is 2.71. The van der Waals surface area contributed by atoms with Crippen molar-refractivity contribution in [2.24, 2.45) is 28.7 Å². The third-order valence-electron chi connectivity index (χ3n) is 0.287. The van der Waals surface area contributed by atoms with Gasteiger partial charge < -0.3 is 55.3 Å². The molecule has 0 aliphatic heterocycles. The molecule has 0 aliphatic rings. The third-order valence-corrected chi connectivity index (χ3v) is 0.287. The van der Waals surface area contributed by atoms with E-state index < -0.39 is 5.97 Å². The van der Waals surface area contributed by atoms with E-state index in [9.17, 15) is 4.79 Å². The monoisotopic (exact) mass is 511 g/mol. The Bertz CT molecular complexity index is 173. The van der Waals surface area contributed by atoms with E-state index in [1.807, 2.05) is 0 Å². The minimum absolute atomic E-state index is 0. The summed E-state index contributed by atoms with van der Waals surface area (Å²) in [5.41, 5.74) is 22.5. The molecule has 0 aromatic carbocycles. The van der Waals surface area contributed by atoms with Gasteiger partial charge in [0.05, 0.1) is 7.11 Å². The molecule has 0 saturated heterocycles. The van der Waals surface area contributed by atoms with Crippen molar-refractivity contribution in [1.29, 1.82) is 0 Å². The maximum Gasteiger partial charge on any atom is 1.00 e. The Morgan fingerprint density at radius 1 is 0.647 bits per heavy atom. The zero-order valence-corrected chi connectivity index (χ0v) is 21.6. The van der Waals surface area contributed by atoms with E-state index in [1.165, 1.54) is 49.3 Å². The molecule has 0 bridgehead atoms. The van der Waals surface area contributed by atoms with Crippen molar-refractivity contribution in [3.63, 3.8) is 0 Å². The molecule has 14 heteroatoms. The smallest absolute Gasteiger partial charge is 1.00 e. The Hall–Kier alpha value is -0.718. The van der Waals surface area contributed by atoms with E-state index >= 15 is 0 Å². The predicted molar refractivity (Wildman–Crippen MR) is 154 cm³/mol. The van der Waals surface area contributed by atoms with Crippen LogP contribution in [0, 0.1) is 0 Å². The number of aliphatic hydroxyl groups excluding tert-OH is 3. The number of aliphatic hydroxyl groups is 3. The number of esters is 1. The van der Waals surface area contributed by atoms with Crippen molar-refractivity contribution in [1.82, 2.24) is 0 Å². The molecule has 0 spiro atoms. The average molecular weight is 511 g/mol. The van der Waals surface area contributed by atoms with Crippen LogP contribution >= 0.6 is 0 Å². The van der Waals surface area contributed by atoms with Crippen LogP contribution in [0.3, 0.4) is 0 Å². The normalized spacial score (nSPS) is 4.21. The summed E-state index contributed by atoms with van der Waals surface area (Å²) in [5, 5.41) is 30.1. The maximum absolute atomic E-state index is 9.59. The second-order valence-electron chi connectivity index (χ2n) is 2.16. The molecule has 14 N–H and O–H groups in total. The summed E-state index contributed by atoms with van der Waals surface area (Å²) in [6.07, 6.45) is 0. The van der Waals surface area contributed by atoms with Crippen molar-refractivity contribution in [2.75, 3.05) is 62.2 Å². The van der Waals surface area contributed by atoms with Gasteiger partial charge in [0.2, 0.25) is 0 Å². The van der Waals surface area contributed by atoms with Crippen molar-refractivity contribution < 1.29 is 55.0 Å². The number of rotatable bonds is 0. The van der Waals surface area contributed by atoms with Gasteiger partial charge in [0.25, 0.3) is 5.97 Å². The first-order valence-corrected chi connectivity index (χ1v) is 8.20. The Kier molecular flexibility index (Phi) is 1250. The molecule has 221 valence electrons. The molecule has 0 amide bonds. The summed E-state index contributed by atoms with van der Waals surface area (Å²) in [4.78, 5) is 18.6. The summed E-state index contributed by atoms with van der Waals surface area (Å²) in [6.45, 7) is 8.24. The van der Waals surface area contributed by atoms with Gasteiger partial charge in [-0.25, -0.2) is 0 Å². The second-order valence-corrected chi connectivity index (χ2v) is 2.16. The molecule has 0 aromatic heterocycles. The van der Waals surface area contributed by atoms with Gasteiger partial charge in [-0.15, -0.1) is 0 Å². The van der Waals surface area contributed by atoms with Gasteiger partial charge in [-0.1, -0.05) is 29.7 Å². The summed E-state index contributed by atoms with van der Waals surface area (Å²) < 4.78 is 4.11. The first kappa shape index (κ1) is 116. The first-order valence-electron chi connectivity index (χ1n) is 8.20. The number of carbonyl (C=O) groups excluding carboxylic acids is 1. The minimum Gasteiger partial charge on any atom is -1.00 e. The third kappa shape index (κ3) is 17400. The van der Waals surface area contributed by atoms with Crippen LogP contribution in [-0.2, 0) is 14.3 Å². The fourth-order valence-corrected chi connectivity index (χ4v) is 0. The fraction of sp³-hybridized carbons (Fsp3) is 0.900. The van der Waals surface area contributed by atoms with Crippen LogP contribution in [0.1, 0.15) is 65.8 Å². The Balaban J connectivity index is -0.00000000683. The molecule has 3 radical (unpaired) electrons. The fourth-order valence-electron chi connectivity index (χ4n) is 0. The van der Waals surface area contributed by atoms with E-state index in [1.54, 1.807) is 20.8 Å². The van der Waals surface area contributed by atoms with Crippen LogP contribution in [-0.4, -0.2) is 103 Å². The van der Waals surface area contributed by atoms with Crippen LogP contribution < -0.4 is 47.5 Å². The van der Waals surface area contributed by atoms with E-state index in [0.29, 0.717) is 0 Å². The number of nitrogens with two attached hydrogens (primary N) is 5. The van der Waals surface area contributed by atoms with Gasteiger partial charge in [0.15, 0.2) is 0 Å². The number of ether oxygens (including phenoxy) is 1. The molecule has 0 unspecified atom stereocenters. The largest absolute Gasteiger partial charge is 1.00 e. The number of carboxylic acids is 1. The summed E-state index contributed by atoms with van der Waals surface area (Å²) >= 11 is 0. The summed E-state index contributed by atoms with van der Waals surface area (Å²) in [6, 6.07) is 0. The zero-order valence-electron chi connectivity index (χ0n) is 22.6. The van der Waals surface area contributed by atoms with E-state index in [4.69, 9.17) is 25.2 Å². The number of methoxy groups -OCH3 is 1. The molecule has 0 aromatic rings. The van der Waals surface area contributed by atoms with Crippen molar-refractivity contribution >= 4 is 20.4 Å². The molecule has 34 heavy (non-hydrogen) atoms. The summed E-state index contributed by atoms with van der Waals surface area (Å²) in [7, 11) is 8.85. The van der Waals surface area contributed by atoms with Crippen LogP contribution in [0.4, 0.5) is 0 Å². The van der Waals surface area contributed by atoms with Gasteiger partial charge in [-0.2, -0.15) is 0 Å². The van der Waals surface area contributed by atoms with Gasteiger partial charge in [0.1, 0.15) is 0 Å². The minimum atomic E-state index is -0.833. The maximum atomic E-state index is 9.59. The number of carbonyl (C=O) groups is 2. The number of hydrogen-bond acceptors (Lipinski definition) is 11. The zero-order chi connectivity index (χ0) is 26.0. The molecule has 0 fully saturated rings. The Labute approximate surface area is 230 Å². The van der Waals surface area contributed by atoms with E-state index in [-0.39, 0.29) is 84.2 Å². The SMILES string of the molecule is C.C.C.C.CC(=O)O.CCO.CCO.CCO.CN.CN.CN.CN.CN.COC(C)=O.[B].[H-].[Li+]. The van der Waals surface area contributed by atoms with Crippen molar-refractivity contribution in [3.8, 4) is 0 Å². The van der Waals surface area contributed by atoms with Gasteiger partial charge in [-0.3, -0.25) is 9.59 Å². The molecular weight excluding hydrogens is 440 g/mol.